The molecule has 0 saturated carbocycles. The molecule has 1 aliphatic heterocycles. The average Bonchev–Trinajstić information content (AvgIpc) is 1.94. The summed E-state index contributed by atoms with van der Waals surface area (Å²) in [6.07, 6.45) is 3.29. The predicted octanol–water partition coefficient (Wildman–Crippen LogP) is 1.70. The van der Waals surface area contributed by atoms with E-state index in [0.717, 1.165) is 0 Å². The Labute approximate surface area is 75.1 Å². The summed E-state index contributed by atoms with van der Waals surface area (Å²) in [6.45, 7) is 0.484. The van der Waals surface area contributed by atoms with Crippen molar-refractivity contribution < 1.29 is 4.79 Å². The zero-order valence-corrected chi connectivity index (χ0v) is 7.49. The number of rotatable bonds is 1. The van der Waals surface area contributed by atoms with E-state index in [9.17, 15) is 4.79 Å². The third kappa shape index (κ3) is 1.98. The van der Waals surface area contributed by atoms with Crippen molar-refractivity contribution in [3.8, 4) is 0 Å². The molecule has 0 aromatic carbocycles. The monoisotopic (exact) mass is 191 g/mol. The predicted molar refractivity (Wildman–Crippen MR) is 45.5 cm³/mol. The molecule has 1 rings (SSSR count). The molecule has 0 unspecified atom stereocenters. The Bertz CT molecular complexity index is 245. The number of carbonyl (C=O) groups excluding carboxylic acids is 1. The van der Waals surface area contributed by atoms with Crippen molar-refractivity contribution in [2.45, 2.75) is 0 Å². The molecule has 0 aromatic rings. The van der Waals surface area contributed by atoms with E-state index in [-0.39, 0.29) is 0 Å². The zero-order valence-electron chi connectivity index (χ0n) is 5.97. The number of nitrogens with zero attached hydrogens (tertiary/aromatic N) is 1. The molecule has 0 N–H and O–H groups in total. The second-order valence-corrected chi connectivity index (χ2v) is 3.04. The molecule has 0 bridgehead atoms. The standard InChI is InChI=1S/C7H7Cl2NO/c1-10-4-5(7(9)11)2-3-6(10)8/h2-3H,4H2,1H3. The van der Waals surface area contributed by atoms with Gasteiger partial charge in [-0.2, -0.15) is 0 Å². The minimum atomic E-state index is -0.419. The van der Waals surface area contributed by atoms with Gasteiger partial charge >= 0.3 is 0 Å². The van der Waals surface area contributed by atoms with Gasteiger partial charge in [0.1, 0.15) is 5.16 Å². The van der Waals surface area contributed by atoms with E-state index in [0.29, 0.717) is 17.3 Å². The lowest BCUT2D eigenvalue weighted by molar-refractivity contribution is -0.108. The molecule has 11 heavy (non-hydrogen) atoms. The molecule has 4 heteroatoms. The Morgan fingerprint density at radius 1 is 1.64 bits per heavy atom. The Hall–Kier alpha value is -0.470. The second-order valence-electron chi connectivity index (χ2n) is 2.31. The Morgan fingerprint density at radius 3 is 2.73 bits per heavy atom. The van der Waals surface area contributed by atoms with Crippen molar-refractivity contribution in [1.82, 2.24) is 4.90 Å². The van der Waals surface area contributed by atoms with Gasteiger partial charge in [0.15, 0.2) is 0 Å². The number of halogens is 2. The summed E-state index contributed by atoms with van der Waals surface area (Å²) < 4.78 is 0. The molecule has 0 aliphatic carbocycles. The van der Waals surface area contributed by atoms with Crippen LogP contribution in [0.15, 0.2) is 22.9 Å². The summed E-state index contributed by atoms with van der Waals surface area (Å²) in [7, 11) is 1.80. The van der Waals surface area contributed by atoms with E-state index in [1.54, 1.807) is 24.1 Å². The minimum Gasteiger partial charge on any atom is -0.361 e. The van der Waals surface area contributed by atoms with Crippen LogP contribution in [0.1, 0.15) is 0 Å². The fourth-order valence-corrected chi connectivity index (χ4v) is 1.05. The van der Waals surface area contributed by atoms with E-state index in [4.69, 9.17) is 23.2 Å². The maximum atomic E-state index is 10.6. The van der Waals surface area contributed by atoms with Crippen molar-refractivity contribution >= 4 is 28.4 Å². The number of hydrogen-bond acceptors (Lipinski definition) is 2. The maximum absolute atomic E-state index is 10.6. The number of hydrogen-bond donors (Lipinski definition) is 0. The van der Waals surface area contributed by atoms with E-state index in [1.165, 1.54) is 0 Å². The smallest absolute Gasteiger partial charge is 0.250 e. The lowest BCUT2D eigenvalue weighted by Crippen LogP contribution is -2.22. The van der Waals surface area contributed by atoms with E-state index in [1.807, 2.05) is 0 Å². The van der Waals surface area contributed by atoms with Crippen LogP contribution >= 0.6 is 23.2 Å². The molecule has 0 saturated heterocycles. The largest absolute Gasteiger partial charge is 0.361 e. The van der Waals surface area contributed by atoms with Crippen molar-refractivity contribution in [3.63, 3.8) is 0 Å². The molecule has 1 heterocycles. The van der Waals surface area contributed by atoms with Crippen LogP contribution in [-0.4, -0.2) is 23.7 Å². The summed E-state index contributed by atoms with van der Waals surface area (Å²) in [5.41, 5.74) is 0.568. The van der Waals surface area contributed by atoms with Crippen molar-refractivity contribution in [2.24, 2.45) is 0 Å². The highest BCUT2D eigenvalue weighted by molar-refractivity contribution is 6.67. The quantitative estimate of drug-likeness (QED) is 0.465. The summed E-state index contributed by atoms with van der Waals surface area (Å²) in [5.74, 6) is 0. The topological polar surface area (TPSA) is 20.3 Å². The lowest BCUT2D eigenvalue weighted by atomic mass is 10.2. The second kappa shape index (κ2) is 3.28. The first kappa shape index (κ1) is 8.62. The van der Waals surface area contributed by atoms with Gasteiger partial charge in [-0.05, 0) is 23.8 Å². The molecule has 0 spiro atoms. The Morgan fingerprint density at radius 2 is 2.27 bits per heavy atom. The van der Waals surface area contributed by atoms with Gasteiger partial charge in [0.05, 0.1) is 0 Å². The molecule has 0 aromatic heterocycles. The normalized spacial score (nSPS) is 17.5. The summed E-state index contributed by atoms with van der Waals surface area (Å²) in [6, 6.07) is 0. The highest BCUT2D eigenvalue weighted by atomic mass is 35.5. The van der Waals surface area contributed by atoms with Gasteiger partial charge < -0.3 is 4.90 Å². The minimum absolute atomic E-state index is 0.419. The Balaban J connectivity index is 2.82. The van der Waals surface area contributed by atoms with E-state index >= 15 is 0 Å². The van der Waals surface area contributed by atoms with E-state index in [2.05, 4.69) is 0 Å². The molecule has 0 atom stereocenters. The van der Waals surface area contributed by atoms with Crippen LogP contribution in [0, 0.1) is 0 Å². The molecule has 0 fully saturated rings. The first-order valence-corrected chi connectivity index (χ1v) is 3.84. The molecule has 0 amide bonds. The average molecular weight is 192 g/mol. The zero-order chi connectivity index (χ0) is 8.43. The van der Waals surface area contributed by atoms with Gasteiger partial charge in [0.25, 0.3) is 0 Å². The molecule has 0 radical (unpaired) electrons. The molecule has 60 valence electrons. The molecule has 1 aliphatic rings. The van der Waals surface area contributed by atoms with Crippen LogP contribution in [0.3, 0.4) is 0 Å². The third-order valence-corrected chi connectivity index (χ3v) is 2.10. The van der Waals surface area contributed by atoms with Crippen LogP contribution in [0.4, 0.5) is 0 Å². The summed E-state index contributed by atoms with van der Waals surface area (Å²) >= 11 is 11.0. The van der Waals surface area contributed by atoms with Crippen molar-refractivity contribution in [3.05, 3.63) is 22.9 Å². The van der Waals surface area contributed by atoms with Gasteiger partial charge in [0.2, 0.25) is 5.24 Å². The number of likely N-dealkylation sites (N-methyl/N-ethyl adjacent to an activating group) is 1. The van der Waals surface area contributed by atoms with Crippen LogP contribution in [0.5, 0.6) is 0 Å². The Kier molecular flexibility index (Phi) is 2.58. The van der Waals surface area contributed by atoms with E-state index < -0.39 is 5.24 Å². The number of allylic oxidation sites excluding steroid dienone is 2. The van der Waals surface area contributed by atoms with Crippen molar-refractivity contribution in [1.29, 1.82) is 0 Å². The SMILES string of the molecule is CN1CC(C(=O)Cl)=CC=C1Cl. The summed E-state index contributed by atoms with van der Waals surface area (Å²) in [4.78, 5) is 12.4. The lowest BCUT2D eigenvalue weighted by Gasteiger charge is -2.21. The van der Waals surface area contributed by atoms with Crippen LogP contribution in [0.25, 0.3) is 0 Å². The van der Waals surface area contributed by atoms with Crippen LogP contribution in [0.2, 0.25) is 0 Å². The highest BCUT2D eigenvalue weighted by Gasteiger charge is 2.13. The third-order valence-electron chi connectivity index (χ3n) is 1.45. The van der Waals surface area contributed by atoms with Gasteiger partial charge in [-0.25, -0.2) is 0 Å². The maximum Gasteiger partial charge on any atom is 0.250 e. The van der Waals surface area contributed by atoms with Gasteiger partial charge in [-0.15, -0.1) is 0 Å². The summed E-state index contributed by atoms with van der Waals surface area (Å²) in [5, 5.41) is 0.198. The molecular formula is C7H7Cl2NO. The van der Waals surface area contributed by atoms with Crippen molar-refractivity contribution in [2.75, 3.05) is 13.6 Å². The first-order chi connectivity index (χ1) is 5.11. The van der Waals surface area contributed by atoms with Gasteiger partial charge in [-0.1, -0.05) is 11.6 Å². The van der Waals surface area contributed by atoms with Crippen LogP contribution < -0.4 is 0 Å². The number of carbonyl (C=O) groups is 1. The van der Waals surface area contributed by atoms with Crippen LogP contribution in [-0.2, 0) is 4.79 Å². The van der Waals surface area contributed by atoms with Gasteiger partial charge in [0, 0.05) is 19.2 Å². The first-order valence-electron chi connectivity index (χ1n) is 3.08. The molecule has 2 nitrogen and oxygen atoms in total. The fourth-order valence-electron chi connectivity index (χ4n) is 0.808. The van der Waals surface area contributed by atoms with Gasteiger partial charge in [-0.3, -0.25) is 4.79 Å². The highest BCUT2D eigenvalue weighted by Crippen LogP contribution is 2.16. The molecular weight excluding hydrogens is 185 g/mol. The fraction of sp³-hybridized carbons (Fsp3) is 0.286.